The van der Waals surface area contributed by atoms with Crippen LogP contribution >= 0.6 is 11.6 Å². The molecule has 0 radical (unpaired) electrons. The summed E-state index contributed by atoms with van der Waals surface area (Å²) in [6.07, 6.45) is 8.74. The third kappa shape index (κ3) is 7.45. The van der Waals surface area contributed by atoms with Crippen LogP contribution in [0, 0.1) is 0 Å². The molecule has 0 amide bonds. The summed E-state index contributed by atoms with van der Waals surface area (Å²) in [5, 5.41) is 0.355. The molecule has 0 spiro atoms. The van der Waals surface area contributed by atoms with Gasteiger partial charge in [0.25, 0.3) is 5.15 Å². The summed E-state index contributed by atoms with van der Waals surface area (Å²) in [5.41, 5.74) is 3.31. The van der Waals surface area contributed by atoms with Crippen LogP contribution in [0.3, 0.4) is 0 Å². The van der Waals surface area contributed by atoms with E-state index >= 15 is 0 Å². The number of aromatic nitrogens is 1. The summed E-state index contributed by atoms with van der Waals surface area (Å²) < 4.78 is 1.40. The lowest BCUT2D eigenvalue weighted by Gasteiger charge is -2.04. The summed E-state index contributed by atoms with van der Waals surface area (Å²) in [6, 6.07) is 11.7. The first kappa shape index (κ1) is 25.2. The zero-order chi connectivity index (χ0) is 21.5. The number of benzene rings is 1. The largest absolute Gasteiger partial charge is 0.390 e. The number of pyridine rings is 1. The van der Waals surface area contributed by atoms with Crippen LogP contribution in [0.5, 0.6) is 0 Å². The van der Waals surface area contributed by atoms with Crippen molar-refractivity contribution in [2.75, 3.05) is 0 Å². The maximum absolute atomic E-state index is 11.9. The smallest absolute Gasteiger partial charge is 0.272 e. The van der Waals surface area contributed by atoms with Crippen LogP contribution in [-0.4, -0.2) is 12.6 Å². The fourth-order valence-corrected chi connectivity index (χ4v) is 2.48. The zero-order valence-corrected chi connectivity index (χ0v) is 18.2. The Bertz CT molecular complexity index is 837. The predicted molar refractivity (Wildman–Crippen MR) is 124 cm³/mol. The molecule has 0 fully saturated rings. The minimum absolute atomic E-state index is 0.175. The number of hydrogen-bond acceptors (Lipinski definition) is 2. The summed E-state index contributed by atoms with van der Waals surface area (Å²) in [4.78, 5) is 15.7. The van der Waals surface area contributed by atoms with Gasteiger partial charge < -0.3 is 0 Å². The Balaban J connectivity index is 0.00000171. The summed E-state index contributed by atoms with van der Waals surface area (Å²) >= 11 is 6.38. The normalized spacial score (nSPS) is 10.3. The standard InChI is InChI=1S/C20H18ClN2O.2C2H6/c1-4-17(13-22-3)19-12-18(20(21)23(14-19)15(2)24)11-10-16-8-6-5-7-9-16;2*1-2/h4-14H,1,3H2,2H3;2*1-2H3/q+1;;/b11-10+,17-13+;;. The highest BCUT2D eigenvalue weighted by atomic mass is 35.5. The van der Waals surface area contributed by atoms with Gasteiger partial charge in [-0.15, -0.1) is 4.57 Å². The van der Waals surface area contributed by atoms with Crippen molar-refractivity contribution in [3.8, 4) is 0 Å². The van der Waals surface area contributed by atoms with Gasteiger partial charge in [0.2, 0.25) is 0 Å². The molecule has 0 saturated heterocycles. The minimum atomic E-state index is -0.175. The van der Waals surface area contributed by atoms with Gasteiger partial charge in [0.1, 0.15) is 0 Å². The van der Waals surface area contributed by atoms with Crippen molar-refractivity contribution in [3.63, 3.8) is 0 Å². The molecule has 0 aliphatic heterocycles. The van der Waals surface area contributed by atoms with Gasteiger partial charge in [0, 0.05) is 17.3 Å². The van der Waals surface area contributed by atoms with Crippen LogP contribution in [0.2, 0.25) is 5.15 Å². The molecular formula is C24H30ClN2O+. The topological polar surface area (TPSA) is 33.3 Å². The second-order valence-electron chi connectivity index (χ2n) is 5.08. The van der Waals surface area contributed by atoms with Crippen LogP contribution in [0.25, 0.3) is 17.7 Å². The van der Waals surface area contributed by atoms with Crippen molar-refractivity contribution in [2.45, 2.75) is 34.6 Å². The van der Waals surface area contributed by atoms with Gasteiger partial charge in [-0.05, 0) is 36.0 Å². The van der Waals surface area contributed by atoms with Crippen LogP contribution in [0.1, 0.15) is 56.1 Å². The van der Waals surface area contributed by atoms with Gasteiger partial charge in [0.15, 0.2) is 6.20 Å². The molecule has 1 aromatic heterocycles. The van der Waals surface area contributed by atoms with Crippen LogP contribution < -0.4 is 4.57 Å². The molecule has 0 atom stereocenters. The highest BCUT2D eigenvalue weighted by Gasteiger charge is 2.20. The Morgan fingerprint density at radius 3 is 2.21 bits per heavy atom. The lowest BCUT2D eigenvalue weighted by Crippen LogP contribution is -2.42. The predicted octanol–water partition coefficient (Wildman–Crippen LogP) is 6.74. The van der Waals surface area contributed by atoms with E-state index in [1.54, 1.807) is 18.5 Å². The quantitative estimate of drug-likeness (QED) is 0.238. The molecule has 2 rings (SSSR count). The number of rotatable bonds is 5. The Labute approximate surface area is 174 Å². The Morgan fingerprint density at radius 2 is 1.71 bits per heavy atom. The molecule has 0 aliphatic rings. The highest BCUT2D eigenvalue weighted by molar-refractivity contribution is 6.30. The van der Waals surface area contributed by atoms with Crippen LogP contribution in [0.4, 0.5) is 0 Å². The summed E-state index contributed by atoms with van der Waals surface area (Å²) in [5.74, 6) is -0.175. The van der Waals surface area contributed by atoms with Crippen molar-refractivity contribution in [3.05, 3.63) is 83.3 Å². The van der Waals surface area contributed by atoms with Gasteiger partial charge in [0.05, 0.1) is 12.5 Å². The summed E-state index contributed by atoms with van der Waals surface area (Å²) in [7, 11) is 0. The zero-order valence-electron chi connectivity index (χ0n) is 17.4. The van der Waals surface area contributed by atoms with Gasteiger partial charge >= 0.3 is 5.91 Å². The number of aliphatic imine (C=N–C) groups is 1. The van der Waals surface area contributed by atoms with E-state index in [0.29, 0.717) is 5.15 Å². The number of halogens is 1. The first-order chi connectivity index (χ1) is 13.6. The van der Waals surface area contributed by atoms with Crippen molar-refractivity contribution in [2.24, 2.45) is 4.99 Å². The van der Waals surface area contributed by atoms with Crippen LogP contribution in [-0.2, 0) is 0 Å². The Morgan fingerprint density at radius 1 is 1.11 bits per heavy atom. The lowest BCUT2D eigenvalue weighted by atomic mass is 10.1. The molecule has 3 nitrogen and oxygen atoms in total. The van der Waals surface area contributed by atoms with E-state index in [9.17, 15) is 4.79 Å². The molecule has 0 N–H and O–H groups in total. The maximum Gasteiger partial charge on any atom is 0.390 e. The van der Waals surface area contributed by atoms with E-state index in [2.05, 4.69) is 18.3 Å². The molecule has 0 bridgehead atoms. The molecule has 28 heavy (non-hydrogen) atoms. The van der Waals surface area contributed by atoms with Gasteiger partial charge in [-0.25, -0.2) is 4.79 Å². The number of nitrogens with zero attached hydrogens (tertiary/aromatic N) is 2. The molecule has 1 aromatic carbocycles. The first-order valence-electron chi connectivity index (χ1n) is 9.35. The van der Waals surface area contributed by atoms with E-state index < -0.39 is 0 Å². The minimum Gasteiger partial charge on any atom is -0.272 e. The number of hydrogen-bond donors (Lipinski definition) is 0. The van der Waals surface area contributed by atoms with E-state index in [0.717, 1.165) is 22.3 Å². The summed E-state index contributed by atoms with van der Waals surface area (Å²) in [6.45, 7) is 16.7. The van der Waals surface area contributed by atoms with Gasteiger partial charge in [-0.3, -0.25) is 4.99 Å². The molecule has 0 saturated carbocycles. The van der Waals surface area contributed by atoms with Crippen molar-refractivity contribution < 1.29 is 9.36 Å². The first-order valence-corrected chi connectivity index (χ1v) is 9.72. The molecule has 1 heterocycles. The second kappa shape index (κ2) is 14.3. The monoisotopic (exact) mass is 397 g/mol. The molecule has 0 unspecified atom stereocenters. The Hall–Kier alpha value is -2.78. The van der Waals surface area contributed by atoms with Gasteiger partial charge in [-0.2, -0.15) is 0 Å². The lowest BCUT2D eigenvalue weighted by molar-refractivity contribution is -0.570. The van der Waals surface area contributed by atoms with E-state index in [-0.39, 0.29) is 5.91 Å². The fourth-order valence-electron chi connectivity index (χ4n) is 2.20. The SMILES string of the molecule is C=C/C(=C\N=C)c1cc(/C=C/c2ccccc2)c(Cl)[n+](C(C)=O)c1.CC.CC. The van der Waals surface area contributed by atoms with Crippen LogP contribution in [0.15, 0.2) is 66.4 Å². The molecule has 2 aromatic rings. The molecule has 4 heteroatoms. The molecule has 148 valence electrons. The van der Waals surface area contributed by atoms with E-state index in [1.165, 1.54) is 11.5 Å². The second-order valence-corrected chi connectivity index (χ2v) is 5.44. The molecule has 0 aliphatic carbocycles. The average Bonchev–Trinajstić information content (AvgIpc) is 2.74. The van der Waals surface area contributed by atoms with Crippen molar-refractivity contribution >= 4 is 42.0 Å². The number of carbonyl (C=O) groups excluding carboxylic acids is 1. The highest BCUT2D eigenvalue weighted by Crippen LogP contribution is 2.22. The average molecular weight is 398 g/mol. The Kier molecular flexibility index (Phi) is 12.9. The van der Waals surface area contributed by atoms with Crippen molar-refractivity contribution in [1.82, 2.24) is 0 Å². The van der Waals surface area contributed by atoms with Gasteiger partial charge in [-0.1, -0.05) is 76.8 Å². The third-order valence-electron chi connectivity index (χ3n) is 3.41. The van der Waals surface area contributed by atoms with Crippen molar-refractivity contribution in [1.29, 1.82) is 0 Å². The maximum atomic E-state index is 11.9. The third-order valence-corrected chi connectivity index (χ3v) is 3.81. The number of carbonyl (C=O) groups is 1. The number of allylic oxidation sites excluding steroid dienone is 2. The fraction of sp³-hybridized carbons (Fsp3) is 0.208. The van der Waals surface area contributed by atoms with E-state index in [1.807, 2.05) is 76.2 Å². The van der Waals surface area contributed by atoms with E-state index in [4.69, 9.17) is 11.6 Å². The molecular weight excluding hydrogens is 368 g/mol.